The molecule has 0 amide bonds. The third kappa shape index (κ3) is 4.05. The second-order valence-electron chi connectivity index (χ2n) is 7.76. The summed E-state index contributed by atoms with van der Waals surface area (Å²) >= 11 is 0. The summed E-state index contributed by atoms with van der Waals surface area (Å²) in [5.41, 5.74) is 0.829. The monoisotopic (exact) mass is 485 g/mol. The van der Waals surface area contributed by atoms with Gasteiger partial charge in [0.15, 0.2) is 17.1 Å². The first-order valence-electron chi connectivity index (χ1n) is 10.1. The molecule has 0 aliphatic carbocycles. The third-order valence-electron chi connectivity index (χ3n) is 5.26. The van der Waals surface area contributed by atoms with Crippen LogP contribution in [0.2, 0.25) is 0 Å². The zero-order chi connectivity index (χ0) is 24.0. The van der Waals surface area contributed by atoms with Crippen LogP contribution in [0.5, 0.6) is 0 Å². The number of hydrogen-bond acceptors (Lipinski definition) is 7. The number of benzene rings is 1. The van der Waals surface area contributed by atoms with E-state index in [1.807, 2.05) is 0 Å². The average molecular weight is 485 g/mol. The van der Waals surface area contributed by atoms with Crippen molar-refractivity contribution in [3.63, 3.8) is 0 Å². The molecule has 0 saturated heterocycles. The summed E-state index contributed by atoms with van der Waals surface area (Å²) in [7, 11) is -3.29. The van der Waals surface area contributed by atoms with Crippen molar-refractivity contribution in [2.75, 3.05) is 12.0 Å². The Morgan fingerprint density at radius 3 is 2.68 bits per heavy atom. The van der Waals surface area contributed by atoms with Gasteiger partial charge in [-0.05, 0) is 12.1 Å². The number of H-pyrrole nitrogens is 1. The van der Waals surface area contributed by atoms with Gasteiger partial charge in [0.2, 0.25) is 0 Å². The Balaban J connectivity index is 1.61. The molecule has 4 aromatic heterocycles. The summed E-state index contributed by atoms with van der Waals surface area (Å²) in [6, 6.07) is 7.44. The first kappa shape index (κ1) is 21.8. The summed E-state index contributed by atoms with van der Waals surface area (Å²) in [5.74, 6) is -1.15. The number of imidazole rings is 1. The van der Waals surface area contributed by atoms with Crippen LogP contribution in [-0.2, 0) is 22.9 Å². The Hall–Kier alpha value is -4.00. The number of pyridine rings is 1. The molecule has 174 valence electrons. The van der Waals surface area contributed by atoms with Gasteiger partial charge in [-0.2, -0.15) is 5.10 Å². The van der Waals surface area contributed by atoms with E-state index < -0.39 is 27.2 Å². The number of aromatic nitrogens is 7. The van der Waals surface area contributed by atoms with Crippen LogP contribution >= 0.6 is 0 Å². The second-order valence-corrected chi connectivity index (χ2v) is 10.0. The maximum Gasteiger partial charge on any atom is 0.327 e. The topological polar surface area (TPSA) is 128 Å². The summed E-state index contributed by atoms with van der Waals surface area (Å²) in [6.45, 7) is -0.0154. The molecule has 10 nitrogen and oxygen atoms in total. The Bertz CT molecular complexity index is 1720. The van der Waals surface area contributed by atoms with E-state index >= 15 is 0 Å². The van der Waals surface area contributed by atoms with Gasteiger partial charge in [-0.3, -0.25) is 9.55 Å². The molecule has 1 N–H and O–H groups in total. The molecule has 4 heterocycles. The number of rotatable bonds is 6. The highest BCUT2D eigenvalue weighted by molar-refractivity contribution is 7.90. The van der Waals surface area contributed by atoms with E-state index in [-0.39, 0.29) is 36.0 Å². The van der Waals surface area contributed by atoms with Gasteiger partial charge in [0.25, 0.3) is 0 Å². The first-order chi connectivity index (χ1) is 16.2. The summed E-state index contributed by atoms with van der Waals surface area (Å²) < 4.78 is 53.9. The van der Waals surface area contributed by atoms with E-state index in [4.69, 9.17) is 0 Å². The predicted molar refractivity (Wildman–Crippen MR) is 120 cm³/mol. The number of hydrogen-bond donors (Lipinski definition) is 1. The molecule has 0 aliphatic rings. The molecule has 0 radical (unpaired) electrons. The lowest BCUT2D eigenvalue weighted by Gasteiger charge is -2.04. The van der Waals surface area contributed by atoms with Gasteiger partial charge in [-0.25, -0.2) is 41.6 Å². The highest BCUT2D eigenvalue weighted by Gasteiger charge is 2.19. The molecule has 0 bridgehead atoms. The van der Waals surface area contributed by atoms with Crippen molar-refractivity contribution < 1.29 is 17.2 Å². The fourth-order valence-corrected chi connectivity index (χ4v) is 4.15. The van der Waals surface area contributed by atoms with Gasteiger partial charge in [0, 0.05) is 18.4 Å². The molecule has 5 aromatic rings. The lowest BCUT2D eigenvalue weighted by molar-refractivity contribution is 0.588. The van der Waals surface area contributed by atoms with Crippen LogP contribution in [0.1, 0.15) is 5.56 Å². The molecule has 0 fully saturated rings. The highest BCUT2D eigenvalue weighted by atomic mass is 32.2. The van der Waals surface area contributed by atoms with Crippen molar-refractivity contribution >= 4 is 32.0 Å². The van der Waals surface area contributed by atoms with E-state index in [9.17, 15) is 22.0 Å². The zero-order valence-corrected chi connectivity index (χ0v) is 18.6. The van der Waals surface area contributed by atoms with Gasteiger partial charge < -0.3 is 0 Å². The molecule has 0 saturated carbocycles. The van der Waals surface area contributed by atoms with E-state index in [1.54, 1.807) is 18.2 Å². The Morgan fingerprint density at radius 2 is 1.91 bits per heavy atom. The molecule has 1 aromatic carbocycles. The van der Waals surface area contributed by atoms with Gasteiger partial charge in [-0.1, -0.05) is 18.2 Å². The predicted octanol–water partition coefficient (Wildman–Crippen LogP) is 1.90. The maximum absolute atomic E-state index is 14.2. The van der Waals surface area contributed by atoms with Crippen molar-refractivity contribution in [1.29, 1.82) is 0 Å². The van der Waals surface area contributed by atoms with Crippen molar-refractivity contribution in [2.45, 2.75) is 13.1 Å². The SMILES string of the molecule is CS(=O)(=O)CCn1c(=O)[nH]c2nc(-c3nn(Cc4ccccc4F)c4ncc(F)cc34)ncc21. The van der Waals surface area contributed by atoms with Crippen molar-refractivity contribution in [3.8, 4) is 11.5 Å². The molecule has 0 atom stereocenters. The first-order valence-corrected chi connectivity index (χ1v) is 12.1. The van der Waals surface area contributed by atoms with Crippen LogP contribution in [0, 0.1) is 11.6 Å². The molecular formula is C21H17F2N7O3S. The number of nitrogens with one attached hydrogen (secondary N) is 1. The van der Waals surface area contributed by atoms with Crippen molar-refractivity contribution in [3.05, 3.63) is 70.4 Å². The lowest BCUT2D eigenvalue weighted by atomic mass is 10.2. The average Bonchev–Trinajstić information content (AvgIpc) is 3.29. The van der Waals surface area contributed by atoms with Gasteiger partial charge in [-0.15, -0.1) is 0 Å². The number of aromatic amines is 1. The summed E-state index contributed by atoms with van der Waals surface area (Å²) in [5, 5.41) is 4.77. The molecule has 34 heavy (non-hydrogen) atoms. The number of sulfone groups is 1. The zero-order valence-electron chi connectivity index (χ0n) is 17.7. The molecule has 5 rings (SSSR count). The number of aryl methyl sites for hydroxylation is 1. The van der Waals surface area contributed by atoms with Crippen molar-refractivity contribution in [2.24, 2.45) is 0 Å². The normalized spacial score (nSPS) is 12.1. The van der Waals surface area contributed by atoms with Crippen LogP contribution in [0.15, 0.2) is 47.5 Å². The second kappa shape index (κ2) is 8.09. The molecule has 13 heteroatoms. The largest absolute Gasteiger partial charge is 0.327 e. The quantitative estimate of drug-likeness (QED) is 0.389. The third-order valence-corrected chi connectivity index (χ3v) is 6.18. The molecule has 0 unspecified atom stereocenters. The maximum atomic E-state index is 14.2. The smallest absolute Gasteiger partial charge is 0.290 e. The fourth-order valence-electron chi connectivity index (χ4n) is 3.63. The van der Waals surface area contributed by atoms with E-state index in [0.29, 0.717) is 22.1 Å². The van der Waals surface area contributed by atoms with Crippen LogP contribution in [0.4, 0.5) is 8.78 Å². The van der Waals surface area contributed by atoms with Crippen LogP contribution in [0.3, 0.4) is 0 Å². The van der Waals surface area contributed by atoms with E-state index in [2.05, 4.69) is 25.0 Å². The highest BCUT2D eigenvalue weighted by Crippen LogP contribution is 2.26. The van der Waals surface area contributed by atoms with E-state index in [1.165, 1.54) is 27.6 Å². The lowest BCUT2D eigenvalue weighted by Crippen LogP contribution is -2.21. The number of halogens is 2. The Labute approximate surface area is 190 Å². The van der Waals surface area contributed by atoms with Gasteiger partial charge in [0.05, 0.1) is 30.1 Å². The minimum atomic E-state index is -3.29. The van der Waals surface area contributed by atoms with Gasteiger partial charge >= 0.3 is 5.69 Å². The summed E-state index contributed by atoms with van der Waals surface area (Å²) in [6.07, 6.45) is 3.48. The minimum absolute atomic E-state index is 0.0444. The summed E-state index contributed by atoms with van der Waals surface area (Å²) in [4.78, 5) is 27.6. The fraction of sp³-hybridized carbons (Fsp3) is 0.190. The van der Waals surface area contributed by atoms with Crippen molar-refractivity contribution in [1.82, 2.24) is 34.3 Å². The molecule has 0 spiro atoms. The van der Waals surface area contributed by atoms with Gasteiger partial charge in [0.1, 0.15) is 32.7 Å². The number of fused-ring (bicyclic) bond motifs is 2. The Morgan fingerprint density at radius 1 is 1.12 bits per heavy atom. The number of nitrogens with zero attached hydrogens (tertiary/aromatic N) is 6. The minimum Gasteiger partial charge on any atom is -0.290 e. The molecular weight excluding hydrogens is 468 g/mol. The van der Waals surface area contributed by atoms with Crippen LogP contribution < -0.4 is 5.69 Å². The Kier molecular flexibility index (Phi) is 5.20. The standard InChI is InChI=1S/C21H17F2N7O3S/c1-34(32,33)7-6-29-16-10-24-19(26-18(16)27-21(29)31)17-14-8-13(22)9-25-20(14)30(28-17)11-12-4-2-3-5-15(12)23/h2-5,8-10H,6-7,11H2,1H3,(H,24,26,27,31). The van der Waals surface area contributed by atoms with E-state index in [0.717, 1.165) is 12.5 Å². The van der Waals surface area contributed by atoms with Crippen LogP contribution in [-0.4, -0.2) is 54.7 Å². The van der Waals surface area contributed by atoms with Crippen LogP contribution in [0.25, 0.3) is 33.7 Å². The molecule has 0 aliphatic heterocycles.